The number of ether oxygens (including phenoxy) is 3. The maximum atomic E-state index is 5.60. The van der Waals surface area contributed by atoms with Crippen molar-refractivity contribution in [2.45, 2.75) is 13.0 Å². The predicted octanol–water partition coefficient (Wildman–Crippen LogP) is 2.54. The molecule has 5 heteroatoms. The Morgan fingerprint density at radius 1 is 1.29 bits per heavy atom. The maximum Gasteiger partial charge on any atom is 0.231 e. The van der Waals surface area contributed by atoms with Gasteiger partial charge in [0.2, 0.25) is 6.79 Å². The first kappa shape index (κ1) is 13.7. The minimum absolute atomic E-state index is 0.219. The van der Waals surface area contributed by atoms with Crippen LogP contribution >= 0.6 is 0 Å². The van der Waals surface area contributed by atoms with Crippen molar-refractivity contribution in [2.75, 3.05) is 19.9 Å². The Kier molecular flexibility index (Phi) is 4.21. The van der Waals surface area contributed by atoms with E-state index in [-0.39, 0.29) is 6.04 Å². The molecule has 0 amide bonds. The number of rotatable bonds is 6. The number of fused-ring (bicyclic) bond motifs is 1. The molecule has 2 heterocycles. The van der Waals surface area contributed by atoms with Gasteiger partial charge in [0, 0.05) is 18.8 Å². The highest BCUT2D eigenvalue weighted by Crippen LogP contribution is 2.34. The minimum atomic E-state index is 0.219. The van der Waals surface area contributed by atoms with E-state index in [0.717, 1.165) is 23.8 Å². The molecule has 1 atom stereocenters. The van der Waals surface area contributed by atoms with Crippen LogP contribution in [0.15, 0.2) is 42.7 Å². The van der Waals surface area contributed by atoms with Crippen LogP contribution in [0, 0.1) is 0 Å². The van der Waals surface area contributed by atoms with E-state index in [1.165, 1.54) is 5.56 Å². The molecular formula is C16H18N2O3. The lowest BCUT2D eigenvalue weighted by atomic mass is 10.1. The molecule has 0 unspecified atom stereocenters. The number of hydrogen-bond donors (Lipinski definition) is 1. The Morgan fingerprint density at radius 3 is 3.05 bits per heavy atom. The normalized spacial score (nSPS) is 14.0. The van der Waals surface area contributed by atoms with Gasteiger partial charge < -0.3 is 19.5 Å². The Balaban J connectivity index is 1.47. The topological polar surface area (TPSA) is 52.6 Å². The third-order valence-electron chi connectivity index (χ3n) is 3.35. The Morgan fingerprint density at radius 2 is 2.19 bits per heavy atom. The zero-order valence-electron chi connectivity index (χ0n) is 11.9. The molecule has 0 radical (unpaired) electrons. The molecule has 0 fully saturated rings. The molecule has 1 aromatic heterocycles. The van der Waals surface area contributed by atoms with Crippen molar-refractivity contribution in [1.82, 2.24) is 10.3 Å². The van der Waals surface area contributed by atoms with E-state index in [9.17, 15) is 0 Å². The standard InChI is InChI=1S/C16H18N2O3/c1-12(13-4-5-15-16(9-13)21-11-20-15)18-7-8-19-14-3-2-6-17-10-14/h2-6,9-10,12,18H,7-8,11H2,1H3/t12-/m1/s1. The Bertz CT molecular complexity index is 589. The molecule has 0 saturated carbocycles. The second kappa shape index (κ2) is 6.45. The van der Waals surface area contributed by atoms with Gasteiger partial charge in [-0.2, -0.15) is 0 Å². The summed E-state index contributed by atoms with van der Waals surface area (Å²) in [7, 11) is 0. The lowest BCUT2D eigenvalue weighted by Gasteiger charge is -2.15. The third-order valence-corrected chi connectivity index (χ3v) is 3.35. The van der Waals surface area contributed by atoms with Crippen molar-refractivity contribution >= 4 is 0 Å². The molecular weight excluding hydrogens is 268 g/mol. The van der Waals surface area contributed by atoms with Gasteiger partial charge in [-0.3, -0.25) is 4.98 Å². The molecule has 1 aliphatic rings. The van der Waals surface area contributed by atoms with Gasteiger partial charge in [-0.25, -0.2) is 0 Å². The van der Waals surface area contributed by atoms with Gasteiger partial charge in [0.1, 0.15) is 12.4 Å². The van der Waals surface area contributed by atoms with Crippen LogP contribution in [0.25, 0.3) is 0 Å². The average molecular weight is 286 g/mol. The molecule has 0 saturated heterocycles. The summed E-state index contributed by atoms with van der Waals surface area (Å²) in [6, 6.07) is 9.99. The average Bonchev–Trinajstić information content (AvgIpc) is 3.00. The smallest absolute Gasteiger partial charge is 0.231 e. The van der Waals surface area contributed by atoms with Crippen LogP contribution in [0.3, 0.4) is 0 Å². The summed E-state index contributed by atoms with van der Waals surface area (Å²) in [5.74, 6) is 2.41. The van der Waals surface area contributed by atoms with Crippen LogP contribution < -0.4 is 19.5 Å². The Hall–Kier alpha value is -2.27. The minimum Gasteiger partial charge on any atom is -0.491 e. The molecule has 0 bridgehead atoms. The second-order valence-electron chi connectivity index (χ2n) is 4.83. The first-order valence-corrected chi connectivity index (χ1v) is 6.99. The van der Waals surface area contributed by atoms with Gasteiger partial charge in [-0.1, -0.05) is 6.07 Å². The predicted molar refractivity (Wildman–Crippen MR) is 78.7 cm³/mol. The van der Waals surface area contributed by atoms with Crippen molar-refractivity contribution in [3.8, 4) is 17.2 Å². The summed E-state index contributed by atoms with van der Waals surface area (Å²) >= 11 is 0. The fourth-order valence-corrected chi connectivity index (χ4v) is 2.18. The van der Waals surface area contributed by atoms with E-state index in [1.807, 2.05) is 30.3 Å². The number of nitrogens with zero attached hydrogens (tertiary/aromatic N) is 1. The summed E-state index contributed by atoms with van der Waals surface area (Å²) in [6.07, 6.45) is 3.44. The van der Waals surface area contributed by atoms with Crippen molar-refractivity contribution in [1.29, 1.82) is 0 Å². The molecule has 3 rings (SSSR count). The molecule has 0 aliphatic carbocycles. The highest BCUT2D eigenvalue weighted by Gasteiger charge is 2.15. The fourth-order valence-electron chi connectivity index (χ4n) is 2.18. The van der Waals surface area contributed by atoms with Gasteiger partial charge in [-0.05, 0) is 36.8 Å². The zero-order chi connectivity index (χ0) is 14.5. The van der Waals surface area contributed by atoms with Gasteiger partial charge in [-0.15, -0.1) is 0 Å². The van der Waals surface area contributed by atoms with E-state index < -0.39 is 0 Å². The van der Waals surface area contributed by atoms with Crippen LogP contribution in [0.1, 0.15) is 18.5 Å². The van der Waals surface area contributed by atoms with E-state index in [1.54, 1.807) is 12.4 Å². The molecule has 5 nitrogen and oxygen atoms in total. The summed E-state index contributed by atoms with van der Waals surface area (Å²) < 4.78 is 16.3. The number of benzene rings is 1. The van der Waals surface area contributed by atoms with E-state index in [2.05, 4.69) is 17.2 Å². The van der Waals surface area contributed by atoms with Crippen molar-refractivity contribution < 1.29 is 14.2 Å². The highest BCUT2D eigenvalue weighted by molar-refractivity contribution is 5.45. The number of hydrogen-bond acceptors (Lipinski definition) is 5. The molecule has 1 aromatic carbocycles. The summed E-state index contributed by atoms with van der Waals surface area (Å²) in [5.41, 5.74) is 1.17. The Labute approximate surface area is 123 Å². The molecule has 0 spiro atoms. The SMILES string of the molecule is C[C@@H](NCCOc1cccnc1)c1ccc2c(c1)OCO2. The molecule has 1 N–H and O–H groups in total. The fraction of sp³-hybridized carbons (Fsp3) is 0.312. The van der Waals surface area contributed by atoms with Crippen molar-refractivity contribution in [2.24, 2.45) is 0 Å². The number of nitrogens with one attached hydrogen (secondary N) is 1. The van der Waals surface area contributed by atoms with Gasteiger partial charge in [0.05, 0.1) is 6.20 Å². The molecule has 110 valence electrons. The molecule has 1 aliphatic heterocycles. The summed E-state index contributed by atoms with van der Waals surface area (Å²) in [4.78, 5) is 4.01. The van der Waals surface area contributed by atoms with Crippen LogP contribution in [0.2, 0.25) is 0 Å². The third kappa shape index (κ3) is 3.44. The van der Waals surface area contributed by atoms with E-state index in [4.69, 9.17) is 14.2 Å². The molecule has 21 heavy (non-hydrogen) atoms. The van der Waals surface area contributed by atoms with Gasteiger partial charge in [0.15, 0.2) is 11.5 Å². The molecule has 2 aromatic rings. The summed E-state index contributed by atoms with van der Waals surface area (Å²) in [5, 5.41) is 3.42. The van der Waals surface area contributed by atoms with Crippen LogP contribution in [0.5, 0.6) is 17.2 Å². The summed E-state index contributed by atoms with van der Waals surface area (Å²) in [6.45, 7) is 3.77. The van der Waals surface area contributed by atoms with Gasteiger partial charge in [0.25, 0.3) is 0 Å². The zero-order valence-corrected chi connectivity index (χ0v) is 11.9. The van der Waals surface area contributed by atoms with E-state index >= 15 is 0 Å². The van der Waals surface area contributed by atoms with Gasteiger partial charge >= 0.3 is 0 Å². The van der Waals surface area contributed by atoms with Crippen molar-refractivity contribution in [3.05, 3.63) is 48.3 Å². The first-order chi connectivity index (χ1) is 10.3. The van der Waals surface area contributed by atoms with Crippen LogP contribution in [0.4, 0.5) is 0 Å². The van der Waals surface area contributed by atoms with Crippen LogP contribution in [-0.4, -0.2) is 24.9 Å². The maximum absolute atomic E-state index is 5.60. The first-order valence-electron chi connectivity index (χ1n) is 6.99. The second-order valence-corrected chi connectivity index (χ2v) is 4.83. The number of pyridine rings is 1. The lowest BCUT2D eigenvalue weighted by Crippen LogP contribution is -2.24. The largest absolute Gasteiger partial charge is 0.491 e. The number of aromatic nitrogens is 1. The highest BCUT2D eigenvalue weighted by atomic mass is 16.7. The van der Waals surface area contributed by atoms with Crippen molar-refractivity contribution in [3.63, 3.8) is 0 Å². The quantitative estimate of drug-likeness (QED) is 0.827. The lowest BCUT2D eigenvalue weighted by molar-refractivity contribution is 0.174. The monoisotopic (exact) mass is 286 g/mol. The van der Waals surface area contributed by atoms with E-state index in [0.29, 0.717) is 13.4 Å². The van der Waals surface area contributed by atoms with Crippen LogP contribution in [-0.2, 0) is 0 Å².